The third-order valence-corrected chi connectivity index (χ3v) is 1.51. The zero-order chi connectivity index (χ0) is 8.10. The third-order valence-electron chi connectivity index (χ3n) is 1.51. The van der Waals surface area contributed by atoms with Crippen molar-refractivity contribution in [1.82, 2.24) is 0 Å². The minimum atomic E-state index is 0.740. The van der Waals surface area contributed by atoms with E-state index >= 15 is 0 Å². The molecule has 1 N–H and O–H groups in total. The Morgan fingerprint density at radius 3 is 2.82 bits per heavy atom. The van der Waals surface area contributed by atoms with Crippen molar-refractivity contribution in [2.24, 2.45) is 0 Å². The second-order valence-corrected chi connectivity index (χ2v) is 2.24. The van der Waals surface area contributed by atoms with Crippen molar-refractivity contribution in [2.75, 3.05) is 7.11 Å². The van der Waals surface area contributed by atoms with Crippen LogP contribution in [0.3, 0.4) is 0 Å². The third kappa shape index (κ3) is 1.95. The zero-order valence-corrected chi connectivity index (χ0v) is 6.63. The standard InChI is InChI=1S/C9H12NO/c1-10-7-8-5-3-4-6-9(8)11-2/h3-6,10H,1,7H2,2H3. The average Bonchev–Trinajstić information content (AvgIpc) is 2.06. The molecule has 0 aliphatic carbocycles. The van der Waals surface area contributed by atoms with Crippen molar-refractivity contribution in [3.8, 4) is 5.75 Å². The number of hydrogen-bond acceptors (Lipinski definition) is 2. The highest BCUT2D eigenvalue weighted by Crippen LogP contribution is 2.15. The molecular formula is C9H12NO. The second-order valence-electron chi connectivity index (χ2n) is 2.24. The number of rotatable bonds is 3. The van der Waals surface area contributed by atoms with Gasteiger partial charge in [-0.2, -0.15) is 0 Å². The molecule has 0 atom stereocenters. The molecule has 11 heavy (non-hydrogen) atoms. The Kier molecular flexibility index (Phi) is 2.93. The first kappa shape index (κ1) is 8.08. The summed E-state index contributed by atoms with van der Waals surface area (Å²) in [6.07, 6.45) is 0. The summed E-state index contributed by atoms with van der Waals surface area (Å²) in [5.41, 5.74) is 1.13. The molecule has 1 aromatic carbocycles. The fourth-order valence-electron chi connectivity index (χ4n) is 0.984. The maximum atomic E-state index is 5.13. The van der Waals surface area contributed by atoms with E-state index < -0.39 is 0 Å². The van der Waals surface area contributed by atoms with Gasteiger partial charge in [0.2, 0.25) is 0 Å². The highest BCUT2D eigenvalue weighted by Gasteiger charge is 2.00. The molecule has 1 rings (SSSR count). The molecule has 2 heteroatoms. The van der Waals surface area contributed by atoms with Crippen LogP contribution in [0.2, 0.25) is 0 Å². The van der Waals surface area contributed by atoms with Crippen molar-refractivity contribution in [2.45, 2.75) is 6.54 Å². The van der Waals surface area contributed by atoms with Gasteiger partial charge >= 0.3 is 0 Å². The normalized spacial score (nSPS) is 9.64. The second kappa shape index (κ2) is 3.98. The summed E-state index contributed by atoms with van der Waals surface area (Å²) >= 11 is 0. The molecule has 0 aromatic heterocycles. The van der Waals surface area contributed by atoms with Crippen LogP contribution in [-0.4, -0.2) is 7.11 Å². The SMILES string of the molecule is [CH2-][NH+]Cc1ccccc1OC. The molecule has 1 aromatic rings. The number of para-hydroxylation sites is 1. The summed E-state index contributed by atoms with van der Waals surface area (Å²) in [7, 11) is 5.22. The molecule has 59 valence electrons. The lowest BCUT2D eigenvalue weighted by molar-refractivity contribution is -0.612. The van der Waals surface area contributed by atoms with Gasteiger partial charge in [-0.25, -0.2) is 0 Å². The maximum Gasteiger partial charge on any atom is 0.127 e. The van der Waals surface area contributed by atoms with Gasteiger partial charge in [0, 0.05) is 0 Å². The monoisotopic (exact) mass is 150 g/mol. The molecule has 0 unspecified atom stereocenters. The lowest BCUT2D eigenvalue weighted by atomic mass is 10.2. The summed E-state index contributed by atoms with van der Waals surface area (Å²) in [4.78, 5) is 0. The Morgan fingerprint density at radius 2 is 2.18 bits per heavy atom. The molecule has 0 fully saturated rings. The van der Waals surface area contributed by atoms with Gasteiger partial charge in [-0.05, 0) is 12.1 Å². The Bertz CT molecular complexity index is 223. The van der Waals surface area contributed by atoms with Crippen LogP contribution in [0.5, 0.6) is 5.75 Å². The zero-order valence-electron chi connectivity index (χ0n) is 6.63. The molecule has 0 aliphatic rings. The van der Waals surface area contributed by atoms with Crippen molar-refractivity contribution in [1.29, 1.82) is 0 Å². The van der Waals surface area contributed by atoms with E-state index in [-0.39, 0.29) is 0 Å². The summed E-state index contributed by atoms with van der Waals surface area (Å²) in [5.74, 6) is 0.906. The van der Waals surface area contributed by atoms with Gasteiger partial charge in [0.05, 0.1) is 12.7 Å². The molecule has 0 amide bonds. The van der Waals surface area contributed by atoms with Crippen LogP contribution in [0.15, 0.2) is 24.3 Å². The molecule has 0 heterocycles. The van der Waals surface area contributed by atoms with Crippen LogP contribution in [0.25, 0.3) is 0 Å². The smallest absolute Gasteiger partial charge is 0.127 e. The van der Waals surface area contributed by atoms with Gasteiger partial charge in [0.15, 0.2) is 0 Å². The van der Waals surface area contributed by atoms with Crippen molar-refractivity contribution in [3.63, 3.8) is 0 Å². The lowest BCUT2D eigenvalue weighted by Gasteiger charge is -2.04. The predicted molar refractivity (Wildman–Crippen MR) is 43.0 cm³/mol. The van der Waals surface area contributed by atoms with Gasteiger partial charge in [-0.15, -0.1) is 7.05 Å². The van der Waals surface area contributed by atoms with E-state index in [0.717, 1.165) is 17.9 Å². The Balaban J connectivity index is 2.83. The molecule has 0 bridgehead atoms. The topological polar surface area (TPSA) is 24.8 Å². The van der Waals surface area contributed by atoms with Gasteiger partial charge in [0.1, 0.15) is 12.3 Å². The van der Waals surface area contributed by atoms with Crippen molar-refractivity contribution in [3.05, 3.63) is 36.9 Å². The van der Waals surface area contributed by atoms with Gasteiger partial charge < -0.3 is 10.1 Å². The van der Waals surface area contributed by atoms with Crippen molar-refractivity contribution < 1.29 is 10.1 Å². The van der Waals surface area contributed by atoms with Gasteiger partial charge in [0.25, 0.3) is 0 Å². The molecule has 0 aliphatic heterocycles. The van der Waals surface area contributed by atoms with Crippen LogP contribution in [0.1, 0.15) is 5.56 Å². The highest BCUT2D eigenvalue weighted by atomic mass is 16.5. The number of nitrogens with one attached hydrogen (secondary N) is 1. The Hall–Kier alpha value is -1.02. The number of ether oxygens (including phenoxy) is 1. The van der Waals surface area contributed by atoms with Crippen molar-refractivity contribution >= 4 is 0 Å². The van der Waals surface area contributed by atoms with E-state index in [4.69, 9.17) is 4.74 Å². The summed E-state index contributed by atoms with van der Waals surface area (Å²) < 4.78 is 5.13. The van der Waals surface area contributed by atoms with Gasteiger partial charge in [-0.3, -0.25) is 0 Å². The van der Waals surface area contributed by atoms with Crippen LogP contribution in [-0.2, 0) is 6.54 Å². The number of benzene rings is 1. The van der Waals surface area contributed by atoms with Crippen LogP contribution in [0, 0.1) is 7.05 Å². The first-order valence-electron chi connectivity index (χ1n) is 3.50. The maximum absolute atomic E-state index is 5.13. The van der Waals surface area contributed by atoms with E-state index in [9.17, 15) is 0 Å². The van der Waals surface area contributed by atoms with E-state index in [1.165, 1.54) is 0 Å². The first-order chi connectivity index (χ1) is 5.38. The molecule has 0 spiro atoms. The lowest BCUT2D eigenvalue weighted by Crippen LogP contribution is -2.74. The van der Waals surface area contributed by atoms with Gasteiger partial charge in [-0.1, -0.05) is 12.1 Å². The molecular weight excluding hydrogens is 138 g/mol. The summed E-state index contributed by atoms with van der Waals surface area (Å²) in [5, 5.41) is 2.83. The minimum absolute atomic E-state index is 0.740. The van der Waals surface area contributed by atoms with Crippen LogP contribution in [0.4, 0.5) is 0 Å². The Morgan fingerprint density at radius 1 is 1.45 bits per heavy atom. The first-order valence-corrected chi connectivity index (χ1v) is 3.50. The largest absolute Gasteiger partial charge is 0.496 e. The number of hydrogen-bond donors (Lipinski definition) is 1. The summed E-state index contributed by atoms with van der Waals surface area (Å²) in [6.45, 7) is 0.740. The molecule has 2 nitrogen and oxygen atoms in total. The fraction of sp³-hybridized carbons (Fsp3) is 0.222. The van der Waals surface area contributed by atoms with E-state index in [0.29, 0.717) is 0 Å². The van der Waals surface area contributed by atoms with E-state index in [1.807, 2.05) is 24.3 Å². The Labute approximate surface area is 67.2 Å². The quantitative estimate of drug-likeness (QED) is 0.617. The molecule has 0 saturated heterocycles. The van der Waals surface area contributed by atoms with Crippen LogP contribution >= 0.6 is 0 Å². The highest BCUT2D eigenvalue weighted by molar-refractivity contribution is 5.32. The summed E-state index contributed by atoms with van der Waals surface area (Å²) in [6, 6.07) is 7.88. The van der Waals surface area contributed by atoms with E-state index in [2.05, 4.69) is 12.4 Å². The fourth-order valence-corrected chi connectivity index (χ4v) is 0.984. The molecule has 0 saturated carbocycles. The minimum Gasteiger partial charge on any atom is -0.496 e. The predicted octanol–water partition coefficient (Wildman–Crippen LogP) is 0.336. The number of methoxy groups -OCH3 is 1. The molecule has 1 radical (unpaired) electrons. The van der Waals surface area contributed by atoms with Crippen LogP contribution < -0.4 is 10.1 Å². The average molecular weight is 150 g/mol. The van der Waals surface area contributed by atoms with E-state index in [1.54, 1.807) is 7.11 Å².